The predicted octanol–water partition coefficient (Wildman–Crippen LogP) is -0.298. The third kappa shape index (κ3) is 4.68. The lowest BCUT2D eigenvalue weighted by Gasteiger charge is -2.34. The van der Waals surface area contributed by atoms with Crippen LogP contribution in [0.15, 0.2) is 18.2 Å². The van der Waals surface area contributed by atoms with Crippen LogP contribution in [0.3, 0.4) is 0 Å². The molecule has 3 aliphatic rings. The number of ether oxygens (including phenoxy) is 2. The van der Waals surface area contributed by atoms with Gasteiger partial charge < -0.3 is 19.7 Å². The van der Waals surface area contributed by atoms with Crippen LogP contribution in [0.5, 0.6) is 11.5 Å². The number of nitrogens with zero attached hydrogens (tertiary/aromatic N) is 2. The predicted molar refractivity (Wildman–Crippen MR) is 103 cm³/mol. The average Bonchev–Trinajstić information content (AvgIpc) is 3.22. The first-order chi connectivity index (χ1) is 14.1. The van der Waals surface area contributed by atoms with Gasteiger partial charge >= 0.3 is 11.8 Å². The number of piperidine rings is 1. The van der Waals surface area contributed by atoms with Crippen LogP contribution >= 0.6 is 0 Å². The van der Waals surface area contributed by atoms with Crippen molar-refractivity contribution in [2.45, 2.75) is 19.4 Å². The lowest BCUT2D eigenvalue weighted by atomic mass is 9.97. The molecule has 2 fully saturated rings. The number of carbonyl (C=O) groups excluding carboxylic acids is 3. The van der Waals surface area contributed by atoms with E-state index in [0.717, 1.165) is 36.7 Å². The molecule has 156 valence electrons. The van der Waals surface area contributed by atoms with Crippen LogP contribution in [0.2, 0.25) is 0 Å². The lowest BCUT2D eigenvalue weighted by molar-refractivity contribution is -0.149. The second-order valence-electron chi connectivity index (χ2n) is 7.60. The molecule has 0 unspecified atom stereocenters. The Morgan fingerprint density at radius 2 is 1.76 bits per heavy atom. The SMILES string of the molecule is O=C(NC(=O)C1CCNCC1)C(=O)N1CCN(Cc2ccc3c(c2)OCO3)CC1. The van der Waals surface area contributed by atoms with Crippen LogP contribution in [0.1, 0.15) is 18.4 Å². The van der Waals surface area contributed by atoms with E-state index in [1.807, 2.05) is 18.2 Å². The van der Waals surface area contributed by atoms with Gasteiger partial charge in [-0.3, -0.25) is 24.6 Å². The molecule has 0 spiro atoms. The molecule has 0 saturated carbocycles. The number of carbonyl (C=O) groups is 3. The molecular weight excluding hydrogens is 376 g/mol. The Morgan fingerprint density at radius 1 is 1.03 bits per heavy atom. The number of benzene rings is 1. The van der Waals surface area contributed by atoms with Crippen molar-refractivity contribution in [1.82, 2.24) is 20.4 Å². The topological polar surface area (TPSA) is 100 Å². The van der Waals surface area contributed by atoms with Crippen LogP contribution in [0.4, 0.5) is 0 Å². The van der Waals surface area contributed by atoms with Crippen molar-refractivity contribution in [1.29, 1.82) is 0 Å². The average molecular weight is 402 g/mol. The van der Waals surface area contributed by atoms with E-state index in [0.29, 0.717) is 39.0 Å². The monoisotopic (exact) mass is 402 g/mol. The van der Waals surface area contributed by atoms with Gasteiger partial charge in [-0.15, -0.1) is 0 Å². The van der Waals surface area contributed by atoms with Crippen molar-refractivity contribution >= 4 is 17.7 Å². The maximum absolute atomic E-state index is 12.4. The Balaban J connectivity index is 1.23. The summed E-state index contributed by atoms with van der Waals surface area (Å²) in [5.41, 5.74) is 1.11. The maximum atomic E-state index is 12.4. The third-order valence-corrected chi connectivity index (χ3v) is 5.64. The highest BCUT2D eigenvalue weighted by atomic mass is 16.7. The molecule has 9 heteroatoms. The van der Waals surface area contributed by atoms with E-state index in [1.165, 1.54) is 4.90 Å². The summed E-state index contributed by atoms with van der Waals surface area (Å²) in [6, 6.07) is 5.88. The highest BCUT2D eigenvalue weighted by molar-refractivity contribution is 6.37. The zero-order valence-electron chi connectivity index (χ0n) is 16.3. The molecule has 0 radical (unpaired) electrons. The van der Waals surface area contributed by atoms with E-state index in [2.05, 4.69) is 15.5 Å². The first-order valence-corrected chi connectivity index (χ1v) is 10.1. The van der Waals surface area contributed by atoms with Crippen LogP contribution < -0.4 is 20.1 Å². The fourth-order valence-electron chi connectivity index (χ4n) is 3.90. The molecule has 3 heterocycles. The number of rotatable bonds is 3. The number of imide groups is 1. The molecule has 0 aliphatic carbocycles. The molecule has 29 heavy (non-hydrogen) atoms. The molecular formula is C20H26N4O5. The third-order valence-electron chi connectivity index (χ3n) is 5.64. The summed E-state index contributed by atoms with van der Waals surface area (Å²) < 4.78 is 10.7. The smallest absolute Gasteiger partial charge is 0.316 e. The van der Waals surface area contributed by atoms with Crippen molar-refractivity contribution in [3.63, 3.8) is 0 Å². The lowest BCUT2D eigenvalue weighted by Crippen LogP contribution is -2.53. The van der Waals surface area contributed by atoms with Crippen molar-refractivity contribution in [2.24, 2.45) is 5.92 Å². The molecule has 0 atom stereocenters. The molecule has 9 nitrogen and oxygen atoms in total. The van der Waals surface area contributed by atoms with E-state index in [-0.39, 0.29) is 18.6 Å². The Bertz CT molecular complexity index is 785. The van der Waals surface area contributed by atoms with Gasteiger partial charge in [-0.05, 0) is 43.6 Å². The molecule has 0 bridgehead atoms. The number of fused-ring (bicyclic) bond motifs is 1. The van der Waals surface area contributed by atoms with Gasteiger partial charge in [-0.25, -0.2) is 0 Å². The van der Waals surface area contributed by atoms with Crippen LogP contribution in [0.25, 0.3) is 0 Å². The van der Waals surface area contributed by atoms with Gasteiger partial charge in [-0.1, -0.05) is 6.07 Å². The normalized spacial score (nSPS) is 19.8. The zero-order valence-corrected chi connectivity index (χ0v) is 16.3. The molecule has 2 saturated heterocycles. The molecule has 1 aromatic carbocycles. The van der Waals surface area contributed by atoms with Crippen molar-refractivity contribution in [3.8, 4) is 11.5 Å². The number of hydrogen-bond donors (Lipinski definition) is 2. The van der Waals surface area contributed by atoms with E-state index in [1.54, 1.807) is 0 Å². The van der Waals surface area contributed by atoms with Gasteiger partial charge in [0.05, 0.1) is 0 Å². The van der Waals surface area contributed by atoms with E-state index < -0.39 is 11.8 Å². The Hall–Kier alpha value is -2.65. The fraction of sp³-hybridized carbons (Fsp3) is 0.550. The highest BCUT2D eigenvalue weighted by Gasteiger charge is 2.29. The summed E-state index contributed by atoms with van der Waals surface area (Å²) in [7, 11) is 0. The molecule has 3 aliphatic heterocycles. The summed E-state index contributed by atoms with van der Waals surface area (Å²) in [6.07, 6.45) is 1.37. The first-order valence-electron chi connectivity index (χ1n) is 10.1. The second-order valence-corrected chi connectivity index (χ2v) is 7.60. The van der Waals surface area contributed by atoms with Gasteiger partial charge in [0.1, 0.15) is 0 Å². The fourth-order valence-corrected chi connectivity index (χ4v) is 3.90. The Morgan fingerprint density at radius 3 is 2.52 bits per heavy atom. The molecule has 4 rings (SSSR count). The summed E-state index contributed by atoms with van der Waals surface area (Å²) in [4.78, 5) is 40.5. The van der Waals surface area contributed by atoms with Gasteiger partial charge in [0.15, 0.2) is 11.5 Å². The van der Waals surface area contributed by atoms with Gasteiger partial charge in [0.2, 0.25) is 12.7 Å². The number of piperazine rings is 1. The van der Waals surface area contributed by atoms with Gasteiger partial charge in [0.25, 0.3) is 0 Å². The summed E-state index contributed by atoms with van der Waals surface area (Å²) in [5.74, 6) is -0.480. The van der Waals surface area contributed by atoms with E-state index in [4.69, 9.17) is 9.47 Å². The van der Waals surface area contributed by atoms with E-state index >= 15 is 0 Å². The summed E-state index contributed by atoms with van der Waals surface area (Å²) >= 11 is 0. The van der Waals surface area contributed by atoms with Crippen LogP contribution in [0, 0.1) is 5.92 Å². The number of nitrogens with one attached hydrogen (secondary N) is 2. The van der Waals surface area contributed by atoms with Crippen LogP contribution in [-0.2, 0) is 20.9 Å². The van der Waals surface area contributed by atoms with Crippen molar-refractivity contribution in [2.75, 3.05) is 46.1 Å². The molecule has 1 aromatic rings. The van der Waals surface area contributed by atoms with Crippen LogP contribution in [-0.4, -0.2) is 73.6 Å². The minimum Gasteiger partial charge on any atom is -0.454 e. The Labute approximate surface area is 169 Å². The van der Waals surface area contributed by atoms with Gasteiger partial charge in [-0.2, -0.15) is 0 Å². The number of amides is 3. The Kier molecular flexibility index (Phi) is 5.96. The van der Waals surface area contributed by atoms with Crippen molar-refractivity contribution < 1.29 is 23.9 Å². The number of hydrogen-bond acceptors (Lipinski definition) is 7. The largest absolute Gasteiger partial charge is 0.454 e. The first kappa shape index (κ1) is 19.7. The molecule has 0 aromatic heterocycles. The quantitative estimate of drug-likeness (QED) is 0.670. The highest BCUT2D eigenvalue weighted by Crippen LogP contribution is 2.32. The zero-order chi connectivity index (χ0) is 20.2. The van der Waals surface area contributed by atoms with Gasteiger partial charge in [0, 0.05) is 38.6 Å². The standard InChI is InChI=1S/C20H26N4O5/c25-18(15-3-5-21-6-4-15)22-19(26)20(27)24-9-7-23(8-10-24)12-14-1-2-16-17(11-14)29-13-28-16/h1-2,11,15,21H,3-10,12-13H2,(H,22,25,26). The van der Waals surface area contributed by atoms with E-state index in [9.17, 15) is 14.4 Å². The second kappa shape index (κ2) is 8.79. The summed E-state index contributed by atoms with van der Waals surface area (Å²) in [5, 5.41) is 5.46. The minimum absolute atomic E-state index is 0.202. The molecule has 3 amide bonds. The molecule has 2 N–H and O–H groups in total. The minimum atomic E-state index is -0.822. The maximum Gasteiger partial charge on any atom is 0.316 e. The van der Waals surface area contributed by atoms with Crippen molar-refractivity contribution in [3.05, 3.63) is 23.8 Å². The summed E-state index contributed by atoms with van der Waals surface area (Å²) in [6.45, 7) is 4.74.